The molecule has 0 saturated carbocycles. The maximum atomic E-state index is 11.4. The summed E-state index contributed by atoms with van der Waals surface area (Å²) in [5.74, 6) is 1.46. The summed E-state index contributed by atoms with van der Waals surface area (Å²) in [5, 5.41) is 0.660. The summed E-state index contributed by atoms with van der Waals surface area (Å²) in [7, 11) is 0. The summed E-state index contributed by atoms with van der Waals surface area (Å²) in [4.78, 5) is 13.2. The molecule has 1 saturated heterocycles. The third-order valence-corrected chi connectivity index (χ3v) is 4.07. The third kappa shape index (κ3) is 1.92. The number of benzene rings is 1. The van der Waals surface area contributed by atoms with Gasteiger partial charge >= 0.3 is 0 Å². The Morgan fingerprint density at radius 2 is 2.29 bits per heavy atom. The average Bonchev–Trinajstić information content (AvgIpc) is 2.57. The number of hydrogen-bond donors (Lipinski definition) is 0. The van der Waals surface area contributed by atoms with Crippen LogP contribution < -0.4 is 4.90 Å². The number of hydrogen-bond acceptors (Lipinski definition) is 2. The molecule has 5 heteroatoms. The van der Waals surface area contributed by atoms with E-state index in [-0.39, 0.29) is 5.91 Å². The molecule has 1 heterocycles. The number of carbonyl (C=O) groups excluding carboxylic acids is 1. The van der Waals surface area contributed by atoms with Gasteiger partial charge in [-0.05, 0) is 34.1 Å². The molecule has 0 aromatic heterocycles. The Balaban J connectivity index is 2.32. The summed E-state index contributed by atoms with van der Waals surface area (Å²) >= 11 is 10.8. The van der Waals surface area contributed by atoms with E-state index in [0.29, 0.717) is 10.8 Å². The van der Waals surface area contributed by atoms with E-state index in [0.717, 1.165) is 16.0 Å². The lowest BCUT2D eigenvalue weighted by molar-refractivity contribution is -0.115. The van der Waals surface area contributed by atoms with Crippen LogP contribution in [0.4, 0.5) is 5.69 Å². The molecule has 0 atom stereocenters. The number of anilines is 1. The molecule has 0 radical (unpaired) electrons. The molecule has 14 heavy (non-hydrogen) atoms. The second kappa shape index (κ2) is 4.13. The van der Waals surface area contributed by atoms with Gasteiger partial charge in [0.05, 0.1) is 16.7 Å². The maximum absolute atomic E-state index is 11.4. The molecule has 1 aliphatic rings. The van der Waals surface area contributed by atoms with Crippen LogP contribution in [0, 0.1) is 0 Å². The Labute approximate surface area is 99.7 Å². The van der Waals surface area contributed by atoms with Crippen molar-refractivity contribution >= 4 is 50.9 Å². The fourth-order valence-corrected chi connectivity index (χ4v) is 2.63. The molecule has 0 bridgehead atoms. The summed E-state index contributed by atoms with van der Waals surface area (Å²) in [6.45, 7) is 0. The highest BCUT2D eigenvalue weighted by Crippen LogP contribution is 2.30. The van der Waals surface area contributed by atoms with Gasteiger partial charge in [0.25, 0.3) is 0 Å². The third-order valence-electron chi connectivity index (χ3n) is 1.96. The maximum Gasteiger partial charge on any atom is 0.237 e. The Morgan fingerprint density at radius 3 is 2.86 bits per heavy atom. The SMILES string of the molecule is O=C1CSCN1c1ccc(Cl)c(Br)c1. The highest BCUT2D eigenvalue weighted by Gasteiger charge is 2.22. The predicted octanol–water partition coefficient (Wildman–Crippen LogP) is 3.14. The normalized spacial score (nSPS) is 16.4. The molecule has 0 N–H and O–H groups in total. The molecule has 1 aromatic rings. The number of nitrogens with zero attached hydrogens (tertiary/aromatic N) is 1. The lowest BCUT2D eigenvalue weighted by atomic mass is 10.3. The zero-order chi connectivity index (χ0) is 10.1. The standard InChI is InChI=1S/C9H7BrClNOS/c10-7-3-6(1-2-8(7)11)12-5-14-4-9(12)13/h1-3H,4-5H2. The van der Waals surface area contributed by atoms with Crippen molar-refractivity contribution in [1.29, 1.82) is 0 Å². The highest BCUT2D eigenvalue weighted by molar-refractivity contribution is 9.10. The van der Waals surface area contributed by atoms with Gasteiger partial charge < -0.3 is 4.90 Å². The van der Waals surface area contributed by atoms with E-state index in [9.17, 15) is 4.79 Å². The van der Waals surface area contributed by atoms with Gasteiger partial charge in [-0.1, -0.05) is 11.6 Å². The zero-order valence-corrected chi connectivity index (χ0v) is 10.3. The lowest BCUT2D eigenvalue weighted by Gasteiger charge is -2.15. The fraction of sp³-hybridized carbons (Fsp3) is 0.222. The minimum atomic E-state index is 0.157. The van der Waals surface area contributed by atoms with Gasteiger partial charge in [-0.15, -0.1) is 11.8 Å². The first-order chi connectivity index (χ1) is 6.68. The first-order valence-electron chi connectivity index (χ1n) is 4.01. The van der Waals surface area contributed by atoms with Crippen LogP contribution in [0.15, 0.2) is 22.7 Å². The smallest absolute Gasteiger partial charge is 0.237 e. The van der Waals surface area contributed by atoms with E-state index in [2.05, 4.69) is 15.9 Å². The highest BCUT2D eigenvalue weighted by atomic mass is 79.9. The Bertz CT molecular complexity index is 385. The molecular weight excluding hydrogens is 286 g/mol. The second-order valence-electron chi connectivity index (χ2n) is 2.90. The van der Waals surface area contributed by atoms with Crippen molar-refractivity contribution < 1.29 is 4.79 Å². The van der Waals surface area contributed by atoms with Crippen LogP contribution in [-0.2, 0) is 4.79 Å². The van der Waals surface area contributed by atoms with Gasteiger partial charge in [0.2, 0.25) is 5.91 Å². The number of carbonyl (C=O) groups is 1. The number of thioether (sulfide) groups is 1. The van der Waals surface area contributed by atoms with E-state index in [1.807, 2.05) is 12.1 Å². The van der Waals surface area contributed by atoms with Crippen molar-refractivity contribution in [3.8, 4) is 0 Å². The summed E-state index contributed by atoms with van der Waals surface area (Å²) < 4.78 is 0.821. The van der Waals surface area contributed by atoms with E-state index >= 15 is 0 Å². The van der Waals surface area contributed by atoms with E-state index in [4.69, 9.17) is 11.6 Å². The lowest BCUT2D eigenvalue weighted by Crippen LogP contribution is -2.24. The quantitative estimate of drug-likeness (QED) is 0.792. The number of halogens is 2. The number of amides is 1. The van der Waals surface area contributed by atoms with E-state index < -0.39 is 0 Å². The number of rotatable bonds is 1. The van der Waals surface area contributed by atoms with Gasteiger partial charge in [0.1, 0.15) is 0 Å². The van der Waals surface area contributed by atoms with Crippen molar-refractivity contribution in [3.63, 3.8) is 0 Å². The molecule has 0 aliphatic carbocycles. The fourth-order valence-electron chi connectivity index (χ4n) is 1.25. The van der Waals surface area contributed by atoms with Gasteiger partial charge in [0, 0.05) is 10.2 Å². The Hall–Kier alpha value is -0.190. The molecule has 1 aliphatic heterocycles. The molecule has 2 nitrogen and oxygen atoms in total. The molecule has 1 fully saturated rings. The molecule has 0 unspecified atom stereocenters. The van der Waals surface area contributed by atoms with Crippen molar-refractivity contribution in [2.24, 2.45) is 0 Å². The molecule has 1 aromatic carbocycles. The van der Waals surface area contributed by atoms with Gasteiger partial charge in [-0.25, -0.2) is 0 Å². The van der Waals surface area contributed by atoms with Gasteiger partial charge in [-0.2, -0.15) is 0 Å². The van der Waals surface area contributed by atoms with E-state index in [1.54, 1.807) is 22.7 Å². The van der Waals surface area contributed by atoms with Crippen molar-refractivity contribution in [2.75, 3.05) is 16.5 Å². The Kier molecular flexibility index (Phi) is 3.04. The van der Waals surface area contributed by atoms with Crippen LogP contribution in [0.5, 0.6) is 0 Å². The van der Waals surface area contributed by atoms with Crippen LogP contribution in [0.25, 0.3) is 0 Å². The first-order valence-corrected chi connectivity index (χ1v) is 6.34. The van der Waals surface area contributed by atoms with Crippen LogP contribution in [0.2, 0.25) is 5.02 Å². The van der Waals surface area contributed by atoms with Crippen LogP contribution >= 0.6 is 39.3 Å². The van der Waals surface area contributed by atoms with Crippen molar-refractivity contribution in [2.45, 2.75) is 0 Å². The second-order valence-corrected chi connectivity index (χ2v) is 5.11. The van der Waals surface area contributed by atoms with Crippen molar-refractivity contribution in [3.05, 3.63) is 27.7 Å². The summed E-state index contributed by atoms with van der Waals surface area (Å²) in [6.07, 6.45) is 0. The Morgan fingerprint density at radius 1 is 1.50 bits per heavy atom. The van der Waals surface area contributed by atoms with Gasteiger partial charge in [-0.3, -0.25) is 4.79 Å². The van der Waals surface area contributed by atoms with Crippen LogP contribution in [-0.4, -0.2) is 17.5 Å². The first kappa shape index (κ1) is 10.3. The molecule has 1 amide bonds. The molecular formula is C9H7BrClNOS. The van der Waals surface area contributed by atoms with E-state index in [1.165, 1.54) is 0 Å². The van der Waals surface area contributed by atoms with Crippen LogP contribution in [0.1, 0.15) is 0 Å². The summed E-state index contributed by atoms with van der Waals surface area (Å²) in [6, 6.07) is 5.51. The minimum absolute atomic E-state index is 0.157. The average molecular weight is 293 g/mol. The monoisotopic (exact) mass is 291 g/mol. The molecule has 74 valence electrons. The predicted molar refractivity (Wildman–Crippen MR) is 64.0 cm³/mol. The largest absolute Gasteiger partial charge is 0.302 e. The van der Waals surface area contributed by atoms with Crippen molar-refractivity contribution in [1.82, 2.24) is 0 Å². The summed E-state index contributed by atoms with van der Waals surface area (Å²) in [5.41, 5.74) is 0.899. The van der Waals surface area contributed by atoms with Crippen LogP contribution in [0.3, 0.4) is 0 Å². The topological polar surface area (TPSA) is 20.3 Å². The van der Waals surface area contributed by atoms with Gasteiger partial charge in [0.15, 0.2) is 0 Å². The molecule has 2 rings (SSSR count). The molecule has 0 spiro atoms. The minimum Gasteiger partial charge on any atom is -0.302 e. The zero-order valence-electron chi connectivity index (χ0n) is 7.17.